The number of aromatic nitrogens is 2. The first-order valence-corrected chi connectivity index (χ1v) is 13.2. The molecule has 13 heteroatoms. The number of rotatable bonds is 5. The van der Waals surface area contributed by atoms with Crippen molar-refractivity contribution in [2.24, 2.45) is 11.7 Å². The fourth-order valence-corrected chi connectivity index (χ4v) is 7.02. The van der Waals surface area contributed by atoms with Gasteiger partial charge >= 0.3 is 6.18 Å². The number of carbonyl (C=O) groups is 3. The minimum Gasteiger partial charge on any atom is -0.366 e. The van der Waals surface area contributed by atoms with Gasteiger partial charge in [-0.15, -0.1) is 22.9 Å². The monoisotopic (exact) mass is 556 g/mol. The molecule has 0 unspecified atom stereocenters. The first kappa shape index (κ1) is 26.1. The molecule has 37 heavy (non-hydrogen) atoms. The van der Waals surface area contributed by atoms with E-state index < -0.39 is 41.3 Å². The van der Waals surface area contributed by atoms with Crippen molar-refractivity contribution in [3.05, 3.63) is 34.7 Å². The molecule has 8 nitrogen and oxygen atoms in total. The highest BCUT2D eigenvalue weighted by Crippen LogP contribution is 2.44. The summed E-state index contributed by atoms with van der Waals surface area (Å²) in [5.74, 6) is -3.43. The molecule has 1 aliphatic carbocycles. The number of ketones is 1. The number of fused-ring (bicyclic) bond motifs is 1. The van der Waals surface area contributed by atoms with E-state index in [-0.39, 0.29) is 41.2 Å². The van der Waals surface area contributed by atoms with Crippen LogP contribution in [0.5, 0.6) is 0 Å². The Balaban J connectivity index is 1.55. The van der Waals surface area contributed by atoms with Crippen LogP contribution in [0, 0.1) is 5.92 Å². The number of primary amides is 1. The Morgan fingerprint density at radius 1 is 1.19 bits per heavy atom. The summed E-state index contributed by atoms with van der Waals surface area (Å²) in [6.45, 7) is 0.0276. The van der Waals surface area contributed by atoms with Gasteiger partial charge in [0.05, 0.1) is 16.2 Å². The molecule has 2 saturated heterocycles. The van der Waals surface area contributed by atoms with Gasteiger partial charge in [-0.05, 0) is 30.4 Å². The SMILES string of the molecule is NC(=O)c1sc(-c2cnc(C(F)(F)F)nc2)cc1[C@@H](C(=O)N1C[C@H](Cl)[C@H]2OCC(=O)[C@H]21)C1CCCCC1. The summed E-state index contributed by atoms with van der Waals surface area (Å²) < 4.78 is 44.3. The maximum Gasteiger partial charge on any atom is 0.451 e. The number of nitrogens with zero attached hydrogens (tertiary/aromatic N) is 3. The lowest BCUT2D eigenvalue weighted by molar-refractivity contribution is -0.145. The largest absolute Gasteiger partial charge is 0.451 e. The number of nitrogens with two attached hydrogens (primary N) is 1. The second kappa shape index (κ2) is 9.95. The van der Waals surface area contributed by atoms with Gasteiger partial charge in [0, 0.05) is 29.4 Å². The van der Waals surface area contributed by atoms with E-state index in [1.54, 1.807) is 6.07 Å². The molecule has 198 valence electrons. The van der Waals surface area contributed by atoms with Crippen molar-refractivity contribution in [3.8, 4) is 10.4 Å². The Hall–Kier alpha value is -2.57. The van der Waals surface area contributed by atoms with Crippen molar-refractivity contribution in [2.45, 2.75) is 61.7 Å². The van der Waals surface area contributed by atoms with Gasteiger partial charge in [0.25, 0.3) is 5.91 Å². The summed E-state index contributed by atoms with van der Waals surface area (Å²) in [4.78, 5) is 48.0. The van der Waals surface area contributed by atoms with Crippen LogP contribution in [-0.4, -0.2) is 63.1 Å². The molecule has 0 bridgehead atoms. The zero-order valence-corrected chi connectivity index (χ0v) is 21.1. The normalized spacial score (nSPS) is 25.4. The predicted octanol–water partition coefficient (Wildman–Crippen LogP) is 3.77. The molecule has 2 amide bonds. The van der Waals surface area contributed by atoms with Gasteiger partial charge < -0.3 is 15.4 Å². The van der Waals surface area contributed by atoms with Crippen molar-refractivity contribution in [1.29, 1.82) is 0 Å². The summed E-state index contributed by atoms with van der Waals surface area (Å²) >= 11 is 7.41. The topological polar surface area (TPSA) is 115 Å². The maximum absolute atomic E-state index is 14.1. The zero-order chi connectivity index (χ0) is 26.5. The molecular weight excluding hydrogens is 533 g/mol. The van der Waals surface area contributed by atoms with E-state index >= 15 is 0 Å². The molecule has 0 aromatic carbocycles. The minimum absolute atomic E-state index is 0.101. The Labute approximate surface area is 219 Å². The van der Waals surface area contributed by atoms with E-state index in [1.165, 1.54) is 4.90 Å². The standard InChI is InChI=1S/C24H24ClF3N4O4S/c25-14-9-32(18-15(33)10-36-19(14)18)22(35)17(11-4-2-1-3-5-11)13-6-16(37-20(13)21(29)34)12-7-30-23(31-8-12)24(26,27)28/h6-8,11,14,17-19H,1-5,9-10H2,(H2,29,34)/t14-,17-,18+,19+/m0/s1. The number of halogens is 4. The molecule has 5 rings (SSSR count). The van der Waals surface area contributed by atoms with E-state index in [2.05, 4.69) is 9.97 Å². The minimum atomic E-state index is -4.69. The lowest BCUT2D eigenvalue weighted by atomic mass is 9.75. The van der Waals surface area contributed by atoms with Gasteiger partial charge in [0.2, 0.25) is 11.7 Å². The van der Waals surface area contributed by atoms with E-state index in [0.717, 1.165) is 55.8 Å². The molecule has 3 aliphatic rings. The fraction of sp³-hybridized carbons (Fsp3) is 0.542. The molecule has 3 fully saturated rings. The molecule has 0 spiro atoms. The van der Waals surface area contributed by atoms with Crippen LogP contribution in [-0.2, 0) is 20.5 Å². The van der Waals surface area contributed by atoms with E-state index in [9.17, 15) is 27.6 Å². The van der Waals surface area contributed by atoms with Crippen molar-refractivity contribution in [3.63, 3.8) is 0 Å². The number of ether oxygens (including phenoxy) is 1. The van der Waals surface area contributed by atoms with Gasteiger partial charge in [-0.3, -0.25) is 14.4 Å². The molecular formula is C24H24ClF3N4O4S. The highest BCUT2D eigenvalue weighted by atomic mass is 35.5. The van der Waals surface area contributed by atoms with Crippen LogP contribution in [0.1, 0.15) is 59.1 Å². The summed E-state index contributed by atoms with van der Waals surface area (Å²) in [6, 6.07) is 0.839. The molecule has 0 radical (unpaired) electrons. The number of Topliss-reactive ketones (excluding diaryl/α,β-unsaturated/α-hetero) is 1. The Morgan fingerprint density at radius 3 is 2.49 bits per heavy atom. The molecule has 1 saturated carbocycles. The second-order valence-corrected chi connectivity index (χ2v) is 11.2. The van der Waals surface area contributed by atoms with Crippen molar-refractivity contribution in [1.82, 2.24) is 14.9 Å². The number of amides is 2. The summed E-state index contributed by atoms with van der Waals surface area (Å²) in [5, 5.41) is -0.537. The smallest absolute Gasteiger partial charge is 0.366 e. The highest BCUT2D eigenvalue weighted by Gasteiger charge is 2.53. The van der Waals surface area contributed by atoms with Gasteiger partial charge in [-0.1, -0.05) is 19.3 Å². The van der Waals surface area contributed by atoms with Crippen LogP contribution in [0.3, 0.4) is 0 Å². The lowest BCUT2D eigenvalue weighted by Crippen LogP contribution is -2.46. The molecule has 2 aromatic rings. The van der Waals surface area contributed by atoms with Gasteiger partial charge in [0.1, 0.15) is 18.8 Å². The molecule has 4 atom stereocenters. The molecule has 2 aliphatic heterocycles. The van der Waals surface area contributed by atoms with Gasteiger partial charge in [-0.25, -0.2) is 9.97 Å². The summed E-state index contributed by atoms with van der Waals surface area (Å²) in [7, 11) is 0. The Morgan fingerprint density at radius 2 is 1.86 bits per heavy atom. The average molecular weight is 557 g/mol. The Bertz CT molecular complexity index is 1220. The zero-order valence-electron chi connectivity index (χ0n) is 19.5. The molecule has 2 aromatic heterocycles. The second-order valence-electron chi connectivity index (χ2n) is 9.62. The van der Waals surface area contributed by atoms with Crippen LogP contribution in [0.2, 0.25) is 0 Å². The Kier molecular flexibility index (Phi) is 7.01. The third kappa shape index (κ3) is 4.86. The van der Waals surface area contributed by atoms with Crippen LogP contribution in [0.25, 0.3) is 10.4 Å². The fourth-order valence-electron chi connectivity index (χ4n) is 5.63. The average Bonchev–Trinajstić information content (AvgIpc) is 3.56. The lowest BCUT2D eigenvalue weighted by Gasteiger charge is -2.34. The summed E-state index contributed by atoms with van der Waals surface area (Å²) in [6.07, 6.45) is 1.15. The van der Waals surface area contributed by atoms with Crippen LogP contribution in [0.4, 0.5) is 13.2 Å². The first-order chi connectivity index (χ1) is 17.6. The van der Waals surface area contributed by atoms with Crippen LogP contribution >= 0.6 is 22.9 Å². The van der Waals surface area contributed by atoms with Crippen molar-refractivity contribution >= 4 is 40.5 Å². The van der Waals surface area contributed by atoms with Gasteiger partial charge in [-0.2, -0.15) is 13.2 Å². The third-order valence-electron chi connectivity index (χ3n) is 7.30. The maximum atomic E-state index is 14.1. The van der Waals surface area contributed by atoms with E-state index in [1.807, 2.05) is 0 Å². The number of thiophene rings is 1. The van der Waals surface area contributed by atoms with Crippen LogP contribution < -0.4 is 5.73 Å². The quantitative estimate of drug-likeness (QED) is 0.561. The number of carbonyl (C=O) groups excluding carboxylic acids is 3. The highest BCUT2D eigenvalue weighted by molar-refractivity contribution is 7.17. The third-order valence-corrected chi connectivity index (χ3v) is 8.90. The summed E-state index contributed by atoms with van der Waals surface area (Å²) in [5.41, 5.74) is 6.38. The number of likely N-dealkylation sites (tertiary alicyclic amines) is 1. The number of hydrogen-bond acceptors (Lipinski definition) is 7. The van der Waals surface area contributed by atoms with E-state index in [4.69, 9.17) is 22.1 Å². The van der Waals surface area contributed by atoms with Crippen LogP contribution in [0.15, 0.2) is 18.5 Å². The molecule has 4 heterocycles. The first-order valence-electron chi connectivity index (χ1n) is 12.0. The number of hydrogen-bond donors (Lipinski definition) is 1. The van der Waals surface area contributed by atoms with Gasteiger partial charge in [0.15, 0.2) is 5.78 Å². The van der Waals surface area contributed by atoms with E-state index in [0.29, 0.717) is 10.4 Å². The van der Waals surface area contributed by atoms with Crippen molar-refractivity contribution in [2.75, 3.05) is 13.2 Å². The molecule has 2 N–H and O–H groups in total. The van der Waals surface area contributed by atoms with Crippen molar-refractivity contribution < 1.29 is 32.3 Å². The number of alkyl halides is 4. The predicted molar refractivity (Wildman–Crippen MR) is 128 cm³/mol.